The van der Waals surface area contributed by atoms with Crippen molar-refractivity contribution in [3.05, 3.63) is 0 Å². The maximum atomic E-state index is 10.8. The molecule has 0 bridgehead atoms. The topological polar surface area (TPSA) is 17.1 Å². The summed E-state index contributed by atoms with van der Waals surface area (Å²) >= 11 is 1.27. The van der Waals surface area contributed by atoms with Gasteiger partial charge in [0.15, 0.2) is 0 Å². The third kappa shape index (κ3) is 1.51. The van der Waals surface area contributed by atoms with E-state index in [0.717, 1.165) is 12.8 Å². The second-order valence-electron chi connectivity index (χ2n) is 2.23. The fourth-order valence-electron chi connectivity index (χ4n) is 0.965. The van der Waals surface area contributed by atoms with Gasteiger partial charge in [-0.3, -0.25) is 0 Å². The Morgan fingerprint density at radius 1 is 1.50 bits per heavy atom. The Labute approximate surface area is 64.7 Å². The van der Waals surface area contributed by atoms with Crippen LogP contribution in [0.4, 0.5) is 0 Å². The zero-order valence-electron chi connectivity index (χ0n) is 4.76. The molecule has 0 heterocycles. The summed E-state index contributed by atoms with van der Waals surface area (Å²) in [7, 11) is 0. The minimum absolute atomic E-state index is 0.476. The van der Waals surface area contributed by atoms with Crippen LogP contribution in [0.3, 0.4) is 0 Å². The number of carbonyl (C=O) groups is 1. The molecule has 0 aliphatic heterocycles. The van der Waals surface area contributed by atoms with Crippen LogP contribution in [-0.2, 0) is 4.79 Å². The van der Waals surface area contributed by atoms with Gasteiger partial charge in [-0.25, -0.2) is 0 Å². The average molecular weight is 306 g/mol. The predicted molar refractivity (Wildman–Crippen MR) is 33.0 cm³/mol. The second kappa shape index (κ2) is 2.91. The molecule has 0 amide bonds. The molecule has 0 spiro atoms. The summed E-state index contributed by atoms with van der Waals surface area (Å²) in [6, 6.07) is 0. The molecule has 1 nitrogen and oxygen atoms in total. The van der Waals surface area contributed by atoms with Gasteiger partial charge in [-0.1, -0.05) is 0 Å². The number of Topliss-reactive ketones (excluding diaryl/α,β-unsaturated/α-hetero) is 1. The molecule has 1 unspecified atom stereocenters. The predicted octanol–water partition coefficient (Wildman–Crippen LogP) is 1.09. The molecule has 1 aliphatic rings. The van der Waals surface area contributed by atoms with Gasteiger partial charge in [-0.15, -0.1) is 0 Å². The molecule has 1 atom stereocenters. The van der Waals surface area contributed by atoms with E-state index in [0.29, 0.717) is 9.41 Å². The summed E-state index contributed by atoms with van der Waals surface area (Å²) in [4.78, 5) is 10.8. The summed E-state index contributed by atoms with van der Waals surface area (Å²) in [6.45, 7) is 0. The Bertz CT molecular complexity index is 101. The van der Waals surface area contributed by atoms with E-state index in [-0.39, 0.29) is 0 Å². The Balaban J connectivity index is 2.39. The van der Waals surface area contributed by atoms with Crippen molar-refractivity contribution >= 4 is 30.5 Å². The van der Waals surface area contributed by atoms with Crippen molar-refractivity contribution < 1.29 is 4.79 Å². The molecular weight excluding hydrogens is 297 g/mol. The van der Waals surface area contributed by atoms with Crippen molar-refractivity contribution in [1.29, 1.82) is 0 Å². The molecule has 8 heavy (non-hydrogen) atoms. The van der Waals surface area contributed by atoms with Crippen molar-refractivity contribution in [2.45, 2.75) is 29.3 Å². The quantitative estimate of drug-likeness (QED) is 0.612. The van der Waals surface area contributed by atoms with Crippen molar-refractivity contribution in [2.75, 3.05) is 0 Å². The summed E-state index contributed by atoms with van der Waals surface area (Å²) in [5.74, 6) is 0.518. The molecule has 2 radical (unpaired) electrons. The van der Waals surface area contributed by atoms with Crippen LogP contribution in [0.25, 0.3) is 0 Å². The first-order chi connectivity index (χ1) is 3.80. The van der Waals surface area contributed by atoms with Crippen molar-refractivity contribution in [3.63, 3.8) is 0 Å². The number of hydrogen-bond donors (Lipinski definition) is 0. The van der Waals surface area contributed by atoms with Gasteiger partial charge in [0.25, 0.3) is 0 Å². The van der Waals surface area contributed by atoms with Crippen molar-refractivity contribution in [3.8, 4) is 0 Å². The van der Waals surface area contributed by atoms with Crippen LogP contribution < -0.4 is 0 Å². The van der Waals surface area contributed by atoms with Gasteiger partial charge < -0.3 is 0 Å². The van der Waals surface area contributed by atoms with E-state index >= 15 is 0 Å². The van der Waals surface area contributed by atoms with Gasteiger partial charge >= 0.3 is 64.6 Å². The molecule has 0 aromatic heterocycles. The van der Waals surface area contributed by atoms with Crippen molar-refractivity contribution in [2.24, 2.45) is 0 Å². The molecule has 1 rings (SSSR count). The Hall–Kier alpha value is 0.553. The van der Waals surface area contributed by atoms with E-state index < -0.39 is 0 Å². The van der Waals surface area contributed by atoms with Crippen molar-refractivity contribution in [1.82, 2.24) is 0 Å². The van der Waals surface area contributed by atoms with Gasteiger partial charge in [0.2, 0.25) is 0 Å². The molecular formula is C6H9BiO. The van der Waals surface area contributed by atoms with E-state index in [2.05, 4.69) is 0 Å². The van der Waals surface area contributed by atoms with Crippen LogP contribution in [0.15, 0.2) is 0 Å². The molecule has 1 aliphatic carbocycles. The molecule has 0 saturated heterocycles. The zero-order valence-corrected chi connectivity index (χ0v) is 8.24. The number of carbonyl (C=O) groups excluding carboxylic acids is 1. The van der Waals surface area contributed by atoms with Gasteiger partial charge in [-0.05, 0) is 0 Å². The second-order valence-corrected chi connectivity index (χ2v) is 4.65. The molecule has 0 aromatic rings. The molecule has 0 aromatic carbocycles. The first-order valence-electron chi connectivity index (χ1n) is 3.01. The third-order valence-electron chi connectivity index (χ3n) is 1.52. The van der Waals surface area contributed by atoms with E-state index in [1.54, 1.807) is 0 Å². The van der Waals surface area contributed by atoms with Crippen LogP contribution in [0, 0.1) is 0 Å². The molecule has 44 valence electrons. The van der Waals surface area contributed by atoms with Crippen LogP contribution in [-0.4, -0.2) is 30.5 Å². The van der Waals surface area contributed by atoms with Gasteiger partial charge in [-0.2, -0.15) is 0 Å². The number of ketones is 1. The van der Waals surface area contributed by atoms with Gasteiger partial charge in [0, 0.05) is 0 Å². The Morgan fingerprint density at radius 3 is 2.62 bits per heavy atom. The minimum atomic E-state index is 0.476. The standard InChI is InChI=1S/C6H9O.Bi/c7-6-4-2-1-3-5-6;/h4H,1-3,5H2;. The normalized spacial score (nSPS) is 30.6. The van der Waals surface area contributed by atoms with Crippen LogP contribution in [0.1, 0.15) is 25.7 Å². The van der Waals surface area contributed by atoms with Crippen LogP contribution >= 0.6 is 0 Å². The third-order valence-corrected chi connectivity index (χ3v) is 3.65. The van der Waals surface area contributed by atoms with Crippen LogP contribution in [0.2, 0.25) is 3.63 Å². The fourth-order valence-corrected chi connectivity index (χ4v) is 2.18. The molecule has 2 heteroatoms. The van der Waals surface area contributed by atoms with Gasteiger partial charge in [0.05, 0.1) is 0 Å². The first-order valence-corrected chi connectivity index (χ1v) is 5.02. The Morgan fingerprint density at radius 2 is 2.25 bits per heavy atom. The van der Waals surface area contributed by atoms with E-state index in [1.165, 1.54) is 37.6 Å². The van der Waals surface area contributed by atoms with Crippen LogP contribution in [0.5, 0.6) is 0 Å². The number of rotatable bonds is 0. The van der Waals surface area contributed by atoms with E-state index in [1.807, 2.05) is 0 Å². The molecule has 0 N–H and O–H groups in total. The zero-order chi connectivity index (χ0) is 5.98. The Kier molecular flexibility index (Phi) is 2.43. The average Bonchev–Trinajstić information content (AvgIpc) is 1.77. The SMILES string of the molecule is O=C1CCCC[CH]1[Bi]. The fraction of sp³-hybridized carbons (Fsp3) is 0.833. The summed E-state index contributed by atoms with van der Waals surface area (Å²) in [6.07, 6.45) is 4.47. The molecule has 1 fully saturated rings. The first kappa shape index (κ1) is 6.67. The summed E-state index contributed by atoms with van der Waals surface area (Å²) in [5, 5.41) is 0. The van der Waals surface area contributed by atoms with E-state index in [4.69, 9.17) is 0 Å². The number of hydrogen-bond acceptors (Lipinski definition) is 1. The monoisotopic (exact) mass is 306 g/mol. The summed E-state index contributed by atoms with van der Waals surface area (Å²) in [5.41, 5.74) is 0. The summed E-state index contributed by atoms with van der Waals surface area (Å²) < 4.78 is 0.476. The van der Waals surface area contributed by atoms with Gasteiger partial charge in [0.1, 0.15) is 0 Å². The molecule has 1 saturated carbocycles. The van der Waals surface area contributed by atoms with E-state index in [9.17, 15) is 4.79 Å². The maximum absolute atomic E-state index is 10.8.